The van der Waals surface area contributed by atoms with Crippen molar-refractivity contribution >= 4 is 15.7 Å². The molecule has 0 aliphatic heterocycles. The topological polar surface area (TPSA) is 72.6 Å². The number of benzene rings is 1. The Bertz CT molecular complexity index is 535. The van der Waals surface area contributed by atoms with Crippen LogP contribution in [0, 0.1) is 0 Å². The van der Waals surface area contributed by atoms with E-state index in [-0.39, 0.29) is 22.9 Å². The van der Waals surface area contributed by atoms with Crippen LogP contribution in [0.2, 0.25) is 0 Å². The Morgan fingerprint density at radius 3 is 2.58 bits per heavy atom. The summed E-state index contributed by atoms with van der Waals surface area (Å²) in [6, 6.07) is 4.08. The first kappa shape index (κ1) is 15.6. The first-order valence-corrected chi connectivity index (χ1v) is 6.99. The van der Waals surface area contributed by atoms with Gasteiger partial charge in [0.2, 0.25) is 10.0 Å². The summed E-state index contributed by atoms with van der Waals surface area (Å²) in [5, 5.41) is 0. The SMILES string of the molecule is CCOc1ccc(N)cc1S(=O)(=O)N(C)CC(F)F. The van der Waals surface area contributed by atoms with E-state index in [4.69, 9.17) is 10.5 Å². The fourth-order valence-corrected chi connectivity index (χ4v) is 2.77. The summed E-state index contributed by atoms with van der Waals surface area (Å²) in [7, 11) is -2.98. The summed E-state index contributed by atoms with van der Waals surface area (Å²) < 4.78 is 54.7. The molecule has 5 nitrogen and oxygen atoms in total. The summed E-state index contributed by atoms with van der Waals surface area (Å²) in [6.45, 7) is 1.06. The molecule has 0 saturated heterocycles. The molecule has 0 unspecified atom stereocenters. The van der Waals surface area contributed by atoms with E-state index < -0.39 is 23.0 Å². The number of hydrogen-bond donors (Lipinski definition) is 1. The highest BCUT2D eigenvalue weighted by molar-refractivity contribution is 7.89. The van der Waals surface area contributed by atoms with Crippen molar-refractivity contribution in [2.45, 2.75) is 18.2 Å². The third-order valence-electron chi connectivity index (χ3n) is 2.35. The molecule has 0 aliphatic carbocycles. The number of rotatable bonds is 6. The van der Waals surface area contributed by atoms with Crippen LogP contribution in [0.1, 0.15) is 6.92 Å². The lowest BCUT2D eigenvalue weighted by Crippen LogP contribution is -2.31. The van der Waals surface area contributed by atoms with Crippen LogP contribution in [-0.2, 0) is 10.0 Å². The fraction of sp³-hybridized carbons (Fsp3) is 0.455. The summed E-state index contributed by atoms with van der Waals surface area (Å²) in [4.78, 5) is -0.211. The molecule has 0 aromatic heterocycles. The van der Waals surface area contributed by atoms with Gasteiger partial charge in [-0.15, -0.1) is 0 Å². The zero-order valence-electron chi connectivity index (χ0n) is 10.6. The number of nitrogens with two attached hydrogens (primary N) is 1. The molecule has 0 amide bonds. The molecule has 2 N–H and O–H groups in total. The highest BCUT2D eigenvalue weighted by atomic mass is 32.2. The minimum absolute atomic E-state index is 0.0952. The lowest BCUT2D eigenvalue weighted by molar-refractivity contribution is 0.126. The minimum atomic E-state index is -4.06. The maximum atomic E-state index is 12.3. The average Bonchev–Trinajstić information content (AvgIpc) is 2.30. The summed E-state index contributed by atoms with van der Waals surface area (Å²) in [5.74, 6) is 0.0952. The number of alkyl halides is 2. The Morgan fingerprint density at radius 2 is 2.05 bits per heavy atom. The first-order chi connectivity index (χ1) is 8.78. The maximum absolute atomic E-state index is 12.3. The number of halogens is 2. The molecule has 108 valence electrons. The predicted octanol–water partition coefficient (Wildman–Crippen LogP) is 1.55. The molecule has 0 heterocycles. The standard InChI is InChI=1S/C11H16F2N2O3S/c1-3-18-9-5-4-8(14)6-10(9)19(16,17)15(2)7-11(12)13/h4-6,11H,3,7,14H2,1-2H3. The van der Waals surface area contributed by atoms with Gasteiger partial charge >= 0.3 is 0 Å². The highest BCUT2D eigenvalue weighted by Crippen LogP contribution is 2.28. The van der Waals surface area contributed by atoms with Gasteiger partial charge in [-0.2, -0.15) is 4.31 Å². The summed E-state index contributed by atoms with van der Waals surface area (Å²) >= 11 is 0. The second kappa shape index (κ2) is 6.16. The van der Waals surface area contributed by atoms with Crippen LogP contribution in [0.4, 0.5) is 14.5 Å². The van der Waals surface area contributed by atoms with Gasteiger partial charge < -0.3 is 10.5 Å². The average molecular weight is 294 g/mol. The lowest BCUT2D eigenvalue weighted by atomic mass is 10.3. The molecule has 19 heavy (non-hydrogen) atoms. The molecule has 1 aromatic carbocycles. The molecule has 0 atom stereocenters. The Labute approximate surface area is 111 Å². The van der Waals surface area contributed by atoms with Gasteiger partial charge in [-0.1, -0.05) is 0 Å². The van der Waals surface area contributed by atoms with Gasteiger partial charge in [0.15, 0.2) is 0 Å². The second-order valence-electron chi connectivity index (χ2n) is 3.82. The molecule has 0 radical (unpaired) electrons. The van der Waals surface area contributed by atoms with Crippen LogP contribution in [0.25, 0.3) is 0 Å². The molecule has 1 aromatic rings. The van der Waals surface area contributed by atoms with Crippen molar-refractivity contribution in [1.82, 2.24) is 4.31 Å². The van der Waals surface area contributed by atoms with Crippen molar-refractivity contribution in [3.8, 4) is 5.75 Å². The van der Waals surface area contributed by atoms with Gasteiger partial charge in [0.25, 0.3) is 6.43 Å². The van der Waals surface area contributed by atoms with Crippen molar-refractivity contribution in [2.75, 3.05) is 25.9 Å². The predicted molar refractivity (Wildman–Crippen MR) is 67.8 cm³/mol. The van der Waals surface area contributed by atoms with Gasteiger partial charge in [0, 0.05) is 12.7 Å². The van der Waals surface area contributed by atoms with Crippen LogP contribution in [0.3, 0.4) is 0 Å². The largest absolute Gasteiger partial charge is 0.492 e. The monoisotopic (exact) mass is 294 g/mol. The van der Waals surface area contributed by atoms with Crippen LogP contribution >= 0.6 is 0 Å². The van der Waals surface area contributed by atoms with Gasteiger partial charge in [-0.25, -0.2) is 17.2 Å². The third-order valence-corrected chi connectivity index (χ3v) is 4.20. The van der Waals surface area contributed by atoms with Crippen molar-refractivity contribution in [3.05, 3.63) is 18.2 Å². The second-order valence-corrected chi connectivity index (χ2v) is 5.83. The Balaban J connectivity index is 3.22. The van der Waals surface area contributed by atoms with E-state index in [1.54, 1.807) is 6.92 Å². The molecule has 0 saturated carbocycles. The van der Waals surface area contributed by atoms with Gasteiger partial charge in [0.1, 0.15) is 10.6 Å². The van der Waals surface area contributed by atoms with Crippen molar-refractivity contribution in [2.24, 2.45) is 0 Å². The lowest BCUT2D eigenvalue weighted by Gasteiger charge is -2.19. The molecular weight excluding hydrogens is 278 g/mol. The summed E-state index contributed by atoms with van der Waals surface area (Å²) in [6.07, 6.45) is -2.75. The zero-order chi connectivity index (χ0) is 14.6. The van der Waals surface area contributed by atoms with Crippen LogP contribution in [0.5, 0.6) is 5.75 Å². The Hall–Kier alpha value is -1.41. The molecule has 0 fully saturated rings. The molecule has 0 aliphatic rings. The molecule has 8 heteroatoms. The molecule has 1 rings (SSSR count). The number of sulfonamides is 1. The van der Waals surface area contributed by atoms with E-state index in [0.29, 0.717) is 4.31 Å². The van der Waals surface area contributed by atoms with Crippen molar-refractivity contribution in [3.63, 3.8) is 0 Å². The fourth-order valence-electron chi connectivity index (χ4n) is 1.46. The summed E-state index contributed by atoms with van der Waals surface area (Å²) in [5.41, 5.74) is 5.75. The third kappa shape index (κ3) is 3.77. The first-order valence-electron chi connectivity index (χ1n) is 5.55. The van der Waals surface area contributed by atoms with E-state index >= 15 is 0 Å². The molecule has 0 spiro atoms. The minimum Gasteiger partial charge on any atom is -0.492 e. The van der Waals surface area contributed by atoms with Crippen LogP contribution in [0.15, 0.2) is 23.1 Å². The smallest absolute Gasteiger partial charge is 0.252 e. The van der Waals surface area contributed by atoms with E-state index in [1.807, 2.05) is 0 Å². The number of anilines is 1. The quantitative estimate of drug-likeness (QED) is 0.808. The van der Waals surface area contributed by atoms with Crippen molar-refractivity contribution in [1.29, 1.82) is 0 Å². The normalized spacial score (nSPS) is 12.1. The maximum Gasteiger partial charge on any atom is 0.252 e. The Kier molecular flexibility index (Phi) is 5.07. The van der Waals surface area contributed by atoms with E-state index in [9.17, 15) is 17.2 Å². The van der Waals surface area contributed by atoms with Gasteiger partial charge in [-0.3, -0.25) is 0 Å². The van der Waals surface area contributed by atoms with Gasteiger partial charge in [0.05, 0.1) is 13.2 Å². The number of nitrogens with zero attached hydrogens (tertiary/aromatic N) is 1. The number of hydrogen-bond acceptors (Lipinski definition) is 4. The van der Waals surface area contributed by atoms with E-state index in [1.165, 1.54) is 18.2 Å². The van der Waals surface area contributed by atoms with Crippen LogP contribution < -0.4 is 10.5 Å². The number of ether oxygens (including phenoxy) is 1. The van der Waals surface area contributed by atoms with Crippen LogP contribution in [-0.4, -0.2) is 39.3 Å². The number of nitrogen functional groups attached to an aromatic ring is 1. The van der Waals surface area contributed by atoms with E-state index in [2.05, 4.69) is 0 Å². The van der Waals surface area contributed by atoms with E-state index in [0.717, 1.165) is 7.05 Å². The van der Waals surface area contributed by atoms with Gasteiger partial charge in [-0.05, 0) is 25.1 Å². The highest BCUT2D eigenvalue weighted by Gasteiger charge is 2.27. The zero-order valence-corrected chi connectivity index (χ0v) is 11.5. The molecular formula is C11H16F2N2O3S. The van der Waals surface area contributed by atoms with Crippen molar-refractivity contribution < 1.29 is 21.9 Å². The Morgan fingerprint density at radius 1 is 1.42 bits per heavy atom. The molecule has 0 bridgehead atoms.